The summed E-state index contributed by atoms with van der Waals surface area (Å²) in [5.74, 6) is -1.22. The van der Waals surface area contributed by atoms with Gasteiger partial charge in [-0.2, -0.15) is 0 Å². The van der Waals surface area contributed by atoms with E-state index in [0.29, 0.717) is 10.9 Å². The summed E-state index contributed by atoms with van der Waals surface area (Å²) in [6.07, 6.45) is 3.37. The van der Waals surface area contributed by atoms with Crippen LogP contribution in [0.1, 0.15) is 44.2 Å². The van der Waals surface area contributed by atoms with Crippen LogP contribution in [0.4, 0.5) is 4.39 Å². The highest BCUT2D eigenvalue weighted by atomic mass is 79.9. The average molecular weight is 344 g/mol. The summed E-state index contributed by atoms with van der Waals surface area (Å²) in [7, 11) is 0. The molecule has 2 N–H and O–H groups in total. The van der Waals surface area contributed by atoms with E-state index in [1.165, 1.54) is 6.07 Å². The maximum absolute atomic E-state index is 13.2. The lowest BCUT2D eigenvalue weighted by Gasteiger charge is -2.30. The molecule has 3 unspecified atom stereocenters. The molecule has 110 valence electrons. The van der Waals surface area contributed by atoms with Gasteiger partial charge in [-0.25, -0.2) is 4.39 Å². The Balaban J connectivity index is 1.98. The van der Waals surface area contributed by atoms with Gasteiger partial charge in [0, 0.05) is 12.1 Å². The second-order valence-corrected chi connectivity index (χ2v) is 6.31. The molecule has 20 heavy (non-hydrogen) atoms. The summed E-state index contributed by atoms with van der Waals surface area (Å²) in [5.41, 5.74) is 0.996. The van der Waals surface area contributed by atoms with Gasteiger partial charge < -0.3 is 10.4 Å². The summed E-state index contributed by atoms with van der Waals surface area (Å²) >= 11 is 3.19. The van der Waals surface area contributed by atoms with E-state index < -0.39 is 5.97 Å². The van der Waals surface area contributed by atoms with E-state index in [0.717, 1.165) is 24.8 Å². The first-order valence-corrected chi connectivity index (χ1v) is 7.70. The predicted octanol–water partition coefficient (Wildman–Crippen LogP) is 3.88. The van der Waals surface area contributed by atoms with E-state index >= 15 is 0 Å². The van der Waals surface area contributed by atoms with Crippen LogP contribution in [0.5, 0.6) is 0 Å². The molecule has 3 atom stereocenters. The van der Waals surface area contributed by atoms with Crippen molar-refractivity contribution in [2.75, 3.05) is 0 Å². The van der Waals surface area contributed by atoms with E-state index in [1.807, 2.05) is 6.92 Å². The number of hydrogen-bond donors (Lipinski definition) is 2. The molecule has 0 radical (unpaired) electrons. The molecule has 1 saturated carbocycles. The molecule has 3 nitrogen and oxygen atoms in total. The zero-order valence-corrected chi connectivity index (χ0v) is 13.0. The molecule has 0 aromatic heterocycles. The lowest BCUT2D eigenvalue weighted by Crippen LogP contribution is -2.37. The first kappa shape index (κ1) is 15.4. The van der Waals surface area contributed by atoms with Crippen LogP contribution < -0.4 is 5.32 Å². The first-order valence-electron chi connectivity index (χ1n) is 6.91. The summed E-state index contributed by atoms with van der Waals surface area (Å²) in [5, 5.41) is 12.6. The highest BCUT2D eigenvalue weighted by Crippen LogP contribution is 2.27. The van der Waals surface area contributed by atoms with Crippen LogP contribution in [0.15, 0.2) is 22.7 Å². The van der Waals surface area contributed by atoms with Gasteiger partial charge >= 0.3 is 5.97 Å². The lowest BCUT2D eigenvalue weighted by atomic mass is 9.85. The lowest BCUT2D eigenvalue weighted by molar-refractivity contribution is -0.143. The number of halogens is 2. The molecule has 0 amide bonds. The Labute approximate surface area is 126 Å². The van der Waals surface area contributed by atoms with Gasteiger partial charge in [-0.1, -0.05) is 12.5 Å². The van der Waals surface area contributed by atoms with E-state index in [4.69, 9.17) is 5.11 Å². The average Bonchev–Trinajstić information content (AvgIpc) is 2.42. The fraction of sp³-hybridized carbons (Fsp3) is 0.533. The molecular formula is C15H19BrFNO2. The van der Waals surface area contributed by atoms with Crippen molar-refractivity contribution in [1.82, 2.24) is 5.32 Å². The number of benzene rings is 1. The molecule has 5 heteroatoms. The molecule has 1 aliphatic rings. The second kappa shape index (κ2) is 6.68. The Bertz CT molecular complexity index is 495. The van der Waals surface area contributed by atoms with Crippen LogP contribution in [0, 0.1) is 11.7 Å². The van der Waals surface area contributed by atoms with Gasteiger partial charge in [-0.05, 0) is 59.8 Å². The van der Waals surface area contributed by atoms with Crippen molar-refractivity contribution in [2.24, 2.45) is 5.92 Å². The highest BCUT2D eigenvalue weighted by molar-refractivity contribution is 9.10. The zero-order chi connectivity index (χ0) is 14.7. The van der Waals surface area contributed by atoms with E-state index in [-0.39, 0.29) is 23.8 Å². The van der Waals surface area contributed by atoms with Crippen molar-refractivity contribution in [3.63, 3.8) is 0 Å². The number of rotatable bonds is 4. The van der Waals surface area contributed by atoms with Crippen molar-refractivity contribution in [3.05, 3.63) is 34.1 Å². The normalized spacial score (nSPS) is 24.4. The molecule has 1 aromatic carbocycles. The maximum Gasteiger partial charge on any atom is 0.306 e. The Morgan fingerprint density at radius 3 is 2.90 bits per heavy atom. The van der Waals surface area contributed by atoms with Crippen molar-refractivity contribution < 1.29 is 14.3 Å². The van der Waals surface area contributed by atoms with Crippen LogP contribution >= 0.6 is 15.9 Å². The summed E-state index contributed by atoms with van der Waals surface area (Å²) < 4.78 is 13.7. The molecule has 0 saturated heterocycles. The maximum atomic E-state index is 13.2. The van der Waals surface area contributed by atoms with Crippen molar-refractivity contribution in [3.8, 4) is 0 Å². The number of hydrogen-bond acceptors (Lipinski definition) is 2. The van der Waals surface area contributed by atoms with E-state index in [9.17, 15) is 9.18 Å². The number of aliphatic carboxylic acids is 1. The fourth-order valence-corrected chi connectivity index (χ4v) is 3.19. The van der Waals surface area contributed by atoms with Crippen molar-refractivity contribution >= 4 is 21.9 Å². The predicted molar refractivity (Wildman–Crippen MR) is 79.0 cm³/mol. The molecular weight excluding hydrogens is 325 g/mol. The van der Waals surface area contributed by atoms with Gasteiger partial charge in [-0.3, -0.25) is 4.79 Å². The van der Waals surface area contributed by atoms with Gasteiger partial charge in [0.05, 0.1) is 10.4 Å². The standard InChI is InChI=1S/C15H19BrFNO2/c1-9(10-5-6-14(17)13(16)8-10)18-12-4-2-3-11(7-12)15(19)20/h5-6,8-9,11-12,18H,2-4,7H2,1H3,(H,19,20). The van der Waals surface area contributed by atoms with Gasteiger partial charge in [-0.15, -0.1) is 0 Å². The minimum Gasteiger partial charge on any atom is -0.481 e. The van der Waals surface area contributed by atoms with Crippen molar-refractivity contribution in [2.45, 2.75) is 44.7 Å². The molecule has 0 heterocycles. The van der Waals surface area contributed by atoms with E-state index in [1.54, 1.807) is 12.1 Å². The molecule has 0 aliphatic heterocycles. The smallest absolute Gasteiger partial charge is 0.306 e. The Hall–Kier alpha value is -0.940. The van der Waals surface area contributed by atoms with Crippen LogP contribution in [0.25, 0.3) is 0 Å². The molecule has 0 spiro atoms. The SMILES string of the molecule is CC(NC1CCCC(C(=O)O)C1)c1ccc(F)c(Br)c1. The molecule has 1 aromatic rings. The summed E-state index contributed by atoms with van der Waals surface area (Å²) in [6, 6.07) is 5.26. The number of nitrogens with one attached hydrogen (secondary N) is 1. The number of carboxylic acid groups (broad SMARTS) is 1. The largest absolute Gasteiger partial charge is 0.481 e. The topological polar surface area (TPSA) is 49.3 Å². The molecule has 1 aliphatic carbocycles. The van der Waals surface area contributed by atoms with Crippen LogP contribution in [-0.2, 0) is 4.79 Å². The van der Waals surface area contributed by atoms with Gasteiger partial charge in [0.25, 0.3) is 0 Å². The third-order valence-corrected chi connectivity index (χ3v) is 4.56. The van der Waals surface area contributed by atoms with E-state index in [2.05, 4.69) is 21.2 Å². The summed E-state index contributed by atoms with van der Waals surface area (Å²) in [6.45, 7) is 2.02. The second-order valence-electron chi connectivity index (χ2n) is 5.46. The Kier molecular flexibility index (Phi) is 5.16. The van der Waals surface area contributed by atoms with Gasteiger partial charge in [0.1, 0.15) is 5.82 Å². The molecule has 0 bridgehead atoms. The first-order chi connectivity index (χ1) is 9.47. The molecule has 1 fully saturated rings. The zero-order valence-electron chi connectivity index (χ0n) is 11.4. The van der Waals surface area contributed by atoms with Gasteiger partial charge in [0.2, 0.25) is 0 Å². The Morgan fingerprint density at radius 2 is 2.25 bits per heavy atom. The summed E-state index contributed by atoms with van der Waals surface area (Å²) in [4.78, 5) is 11.1. The number of carbonyl (C=O) groups is 1. The van der Waals surface area contributed by atoms with Crippen LogP contribution in [0.2, 0.25) is 0 Å². The Morgan fingerprint density at radius 1 is 1.50 bits per heavy atom. The molecule has 2 rings (SSSR count). The monoisotopic (exact) mass is 343 g/mol. The van der Waals surface area contributed by atoms with Crippen LogP contribution in [-0.4, -0.2) is 17.1 Å². The minimum atomic E-state index is -0.700. The number of carboxylic acids is 1. The van der Waals surface area contributed by atoms with Crippen molar-refractivity contribution in [1.29, 1.82) is 0 Å². The fourth-order valence-electron chi connectivity index (χ4n) is 2.80. The highest BCUT2D eigenvalue weighted by Gasteiger charge is 2.27. The third-order valence-electron chi connectivity index (χ3n) is 3.95. The van der Waals surface area contributed by atoms with Gasteiger partial charge in [0.15, 0.2) is 0 Å². The third kappa shape index (κ3) is 3.79. The minimum absolute atomic E-state index is 0.0736. The van der Waals surface area contributed by atoms with Crippen LogP contribution in [0.3, 0.4) is 0 Å². The quantitative estimate of drug-likeness (QED) is 0.871.